The molecule has 1 aromatic carbocycles. The van der Waals surface area contributed by atoms with Gasteiger partial charge >= 0.3 is 0 Å². The second-order valence-electron chi connectivity index (χ2n) is 6.14. The molecule has 0 spiro atoms. The third kappa shape index (κ3) is 4.79. The fraction of sp³-hybridized carbons (Fsp3) is 0.333. The van der Waals surface area contributed by atoms with Crippen molar-refractivity contribution >= 4 is 15.7 Å². The average molecular weight is 362 g/mol. The first-order valence-electron chi connectivity index (χ1n) is 7.92. The fourth-order valence-corrected chi connectivity index (χ4v) is 3.84. The lowest BCUT2D eigenvalue weighted by Gasteiger charge is -2.12. The minimum atomic E-state index is -3.40. The van der Waals surface area contributed by atoms with Gasteiger partial charge in [0.1, 0.15) is 0 Å². The second-order valence-corrected chi connectivity index (χ2v) is 8.25. The van der Waals surface area contributed by atoms with Crippen LogP contribution in [0.5, 0.6) is 0 Å². The Hall–Kier alpha value is -2.41. The molecule has 2 aromatic rings. The Kier molecular flexibility index (Phi) is 5.79. The molecule has 0 bridgehead atoms. The maximum absolute atomic E-state index is 12.4. The molecule has 1 heterocycles. The van der Waals surface area contributed by atoms with Crippen molar-refractivity contribution in [1.82, 2.24) is 9.47 Å². The van der Waals surface area contributed by atoms with Crippen LogP contribution < -0.4 is 5.56 Å². The first-order valence-corrected chi connectivity index (χ1v) is 9.57. The fourth-order valence-electron chi connectivity index (χ4n) is 2.44. The minimum absolute atomic E-state index is 0.0608. The maximum Gasteiger partial charge on any atom is 0.254 e. The molecule has 0 aliphatic rings. The average Bonchev–Trinajstić information content (AvgIpc) is 2.55. The van der Waals surface area contributed by atoms with Gasteiger partial charge in [0.15, 0.2) is 9.84 Å². The van der Waals surface area contributed by atoms with E-state index in [4.69, 9.17) is 0 Å². The lowest BCUT2D eigenvalue weighted by Crippen LogP contribution is -2.26. The molecule has 134 valence electrons. The number of hydrogen-bond acceptors (Lipinski definition) is 4. The Morgan fingerprint density at radius 3 is 2.52 bits per heavy atom. The van der Waals surface area contributed by atoms with Gasteiger partial charge in [-0.2, -0.15) is 0 Å². The van der Waals surface area contributed by atoms with Crippen LogP contribution in [-0.2, 0) is 16.4 Å². The summed E-state index contributed by atoms with van der Waals surface area (Å²) < 4.78 is 26.1. The van der Waals surface area contributed by atoms with E-state index in [1.54, 1.807) is 32.3 Å². The standard InChI is InChI=1S/C18H22N2O4S/c1-14-6-4-7-16(12-14)25(23,24)11-5-10-20-13-15(8-9-17(20)21)18(22)19(2)3/h4,6-9,12-13H,5,10-11H2,1-3H3. The molecule has 1 amide bonds. The third-order valence-corrected chi connectivity index (χ3v) is 5.60. The van der Waals surface area contributed by atoms with Gasteiger partial charge in [-0.25, -0.2) is 8.42 Å². The maximum atomic E-state index is 12.4. The second kappa shape index (κ2) is 7.65. The van der Waals surface area contributed by atoms with Crippen LogP contribution in [0.15, 0.2) is 52.3 Å². The van der Waals surface area contributed by atoms with Crippen LogP contribution in [0.25, 0.3) is 0 Å². The molecule has 7 heteroatoms. The smallest absolute Gasteiger partial charge is 0.254 e. The highest BCUT2D eigenvalue weighted by Gasteiger charge is 2.15. The number of pyridine rings is 1. The molecule has 0 fully saturated rings. The van der Waals surface area contributed by atoms with Crippen LogP contribution in [0, 0.1) is 6.92 Å². The molecule has 0 N–H and O–H groups in total. The highest BCUT2D eigenvalue weighted by Crippen LogP contribution is 2.14. The summed E-state index contributed by atoms with van der Waals surface area (Å²) in [6.45, 7) is 2.07. The Morgan fingerprint density at radius 1 is 1.16 bits per heavy atom. The largest absolute Gasteiger partial charge is 0.345 e. The van der Waals surface area contributed by atoms with E-state index in [9.17, 15) is 18.0 Å². The van der Waals surface area contributed by atoms with E-state index in [0.717, 1.165) is 5.56 Å². The number of carbonyl (C=O) groups excluding carboxylic acids is 1. The molecule has 0 saturated heterocycles. The van der Waals surface area contributed by atoms with E-state index >= 15 is 0 Å². The zero-order chi connectivity index (χ0) is 18.6. The number of aryl methyl sites for hydroxylation is 2. The molecule has 0 unspecified atom stereocenters. The van der Waals surface area contributed by atoms with Gasteiger partial charge in [0, 0.05) is 32.9 Å². The number of hydrogen-bond donors (Lipinski definition) is 0. The number of carbonyl (C=O) groups is 1. The van der Waals surface area contributed by atoms with E-state index in [1.165, 1.54) is 27.8 Å². The van der Waals surface area contributed by atoms with Gasteiger partial charge in [-0.15, -0.1) is 0 Å². The summed E-state index contributed by atoms with van der Waals surface area (Å²) in [6.07, 6.45) is 1.76. The Balaban J connectivity index is 2.10. The summed E-state index contributed by atoms with van der Waals surface area (Å²) in [4.78, 5) is 25.6. The topological polar surface area (TPSA) is 76.5 Å². The van der Waals surface area contributed by atoms with E-state index in [1.807, 2.05) is 13.0 Å². The predicted molar refractivity (Wildman–Crippen MR) is 96.6 cm³/mol. The van der Waals surface area contributed by atoms with Gasteiger partial charge in [-0.1, -0.05) is 12.1 Å². The summed E-state index contributed by atoms with van der Waals surface area (Å²) in [5.41, 5.74) is 1.02. The molecule has 2 rings (SSSR count). The number of nitrogens with zero attached hydrogens (tertiary/aromatic N) is 2. The predicted octanol–water partition coefficient (Wildman–Crippen LogP) is 1.72. The van der Waals surface area contributed by atoms with Gasteiger partial charge in [0.25, 0.3) is 11.5 Å². The summed E-state index contributed by atoms with van der Waals surface area (Å²) in [5.74, 6) is -0.268. The normalized spacial score (nSPS) is 11.3. The van der Waals surface area contributed by atoms with Crippen LogP contribution in [0.3, 0.4) is 0 Å². The number of rotatable bonds is 6. The van der Waals surface area contributed by atoms with Crippen molar-refractivity contribution in [3.63, 3.8) is 0 Å². The van der Waals surface area contributed by atoms with Gasteiger partial charge in [-0.3, -0.25) is 9.59 Å². The van der Waals surface area contributed by atoms with Crippen LogP contribution in [0.2, 0.25) is 0 Å². The Bertz CT molecular complexity index is 930. The quantitative estimate of drug-likeness (QED) is 0.784. The first kappa shape index (κ1) is 18.9. The molecule has 0 radical (unpaired) electrons. The summed E-state index contributed by atoms with van der Waals surface area (Å²) >= 11 is 0. The Morgan fingerprint density at radius 2 is 1.88 bits per heavy atom. The molecule has 1 aromatic heterocycles. The van der Waals surface area contributed by atoms with Crippen LogP contribution >= 0.6 is 0 Å². The summed E-state index contributed by atoms with van der Waals surface area (Å²) in [6, 6.07) is 9.56. The van der Waals surface area contributed by atoms with E-state index < -0.39 is 9.84 Å². The van der Waals surface area contributed by atoms with Gasteiger partial charge in [0.2, 0.25) is 0 Å². The van der Waals surface area contributed by atoms with Crippen molar-refractivity contribution in [2.75, 3.05) is 19.8 Å². The lowest BCUT2D eigenvalue weighted by atomic mass is 10.2. The van der Waals surface area contributed by atoms with Crippen molar-refractivity contribution in [3.8, 4) is 0 Å². The summed E-state index contributed by atoms with van der Waals surface area (Å²) in [7, 11) is -0.134. The highest BCUT2D eigenvalue weighted by molar-refractivity contribution is 7.91. The molecule has 0 saturated carbocycles. The molecular formula is C18H22N2O4S. The van der Waals surface area contributed by atoms with Gasteiger partial charge < -0.3 is 9.47 Å². The van der Waals surface area contributed by atoms with E-state index in [-0.39, 0.29) is 35.1 Å². The van der Waals surface area contributed by atoms with Crippen molar-refractivity contribution in [2.24, 2.45) is 0 Å². The zero-order valence-electron chi connectivity index (χ0n) is 14.6. The molecule has 0 atom stereocenters. The molecule has 6 nitrogen and oxygen atoms in total. The van der Waals surface area contributed by atoms with Crippen LogP contribution in [0.4, 0.5) is 0 Å². The van der Waals surface area contributed by atoms with Gasteiger partial charge in [-0.05, 0) is 37.1 Å². The number of sulfone groups is 1. The SMILES string of the molecule is Cc1cccc(S(=O)(=O)CCCn2cc(C(=O)N(C)C)ccc2=O)c1. The van der Waals surface area contributed by atoms with Crippen LogP contribution in [0.1, 0.15) is 22.3 Å². The molecule has 0 aliphatic heterocycles. The minimum Gasteiger partial charge on any atom is -0.345 e. The number of amides is 1. The monoisotopic (exact) mass is 362 g/mol. The van der Waals surface area contributed by atoms with Crippen LogP contribution in [-0.4, -0.2) is 43.6 Å². The van der Waals surface area contributed by atoms with Crippen molar-refractivity contribution in [3.05, 3.63) is 64.1 Å². The van der Waals surface area contributed by atoms with Crippen molar-refractivity contribution in [1.29, 1.82) is 0 Å². The summed E-state index contributed by atoms with van der Waals surface area (Å²) in [5, 5.41) is 0. The van der Waals surface area contributed by atoms with E-state index in [0.29, 0.717) is 5.56 Å². The van der Waals surface area contributed by atoms with E-state index in [2.05, 4.69) is 0 Å². The van der Waals surface area contributed by atoms with Crippen molar-refractivity contribution in [2.45, 2.75) is 24.8 Å². The molecular weight excluding hydrogens is 340 g/mol. The number of aromatic nitrogens is 1. The lowest BCUT2D eigenvalue weighted by molar-refractivity contribution is 0.0826. The molecule has 0 aliphatic carbocycles. The number of benzene rings is 1. The zero-order valence-corrected chi connectivity index (χ0v) is 15.4. The third-order valence-electron chi connectivity index (χ3n) is 3.80. The Labute approximate surface area is 147 Å². The first-order chi connectivity index (χ1) is 11.7. The molecule has 25 heavy (non-hydrogen) atoms. The van der Waals surface area contributed by atoms with Gasteiger partial charge in [0.05, 0.1) is 16.2 Å². The highest BCUT2D eigenvalue weighted by atomic mass is 32.2. The van der Waals surface area contributed by atoms with Crippen molar-refractivity contribution < 1.29 is 13.2 Å².